The largest absolute Gasteiger partial charge is 0.368 e. The van der Waals surface area contributed by atoms with Crippen LogP contribution in [0.5, 0.6) is 0 Å². The summed E-state index contributed by atoms with van der Waals surface area (Å²) in [7, 11) is 0. The highest BCUT2D eigenvalue weighted by molar-refractivity contribution is 5.94. The average Bonchev–Trinajstić information content (AvgIpc) is 3.60. The number of aromatic nitrogens is 5. The molecule has 0 aliphatic heterocycles. The minimum Gasteiger partial charge on any atom is -0.368 e. The van der Waals surface area contributed by atoms with Crippen LogP contribution < -0.4 is 5.32 Å². The minimum absolute atomic E-state index is 0.491. The van der Waals surface area contributed by atoms with Gasteiger partial charge in [-0.3, -0.25) is 4.98 Å². The lowest BCUT2D eigenvalue weighted by Crippen LogP contribution is -2.12. The molecule has 2 N–H and O–H groups in total. The number of para-hydroxylation sites is 1. The van der Waals surface area contributed by atoms with Crippen LogP contribution in [0.4, 0.5) is 5.69 Å². The number of hydrogen-bond acceptors (Lipinski definition) is 6. The summed E-state index contributed by atoms with van der Waals surface area (Å²) < 4.78 is 2.13. The number of nitrogens with zero attached hydrogens (tertiary/aromatic N) is 5. The molecule has 3 aromatic heterocycles. The predicted molar refractivity (Wildman–Crippen MR) is 127 cm³/mol. The summed E-state index contributed by atoms with van der Waals surface area (Å²) in [6, 6.07) is 22.1. The van der Waals surface area contributed by atoms with Crippen molar-refractivity contribution in [2.75, 3.05) is 5.32 Å². The van der Waals surface area contributed by atoms with Crippen LogP contribution in [0.15, 0.2) is 85.5 Å². The van der Waals surface area contributed by atoms with Gasteiger partial charge in [0.05, 0.1) is 11.2 Å². The van der Waals surface area contributed by atoms with E-state index in [9.17, 15) is 5.11 Å². The second-order valence-corrected chi connectivity index (χ2v) is 8.27. The first-order valence-electron chi connectivity index (χ1n) is 11.0. The molecule has 1 aliphatic carbocycles. The Kier molecular flexibility index (Phi) is 4.81. The molecule has 1 atom stereocenters. The molecule has 6 rings (SSSR count). The molecule has 1 unspecified atom stereocenters. The second-order valence-electron chi connectivity index (χ2n) is 8.27. The maximum Gasteiger partial charge on any atom is 0.168 e. The lowest BCUT2D eigenvalue weighted by molar-refractivity contribution is 0.204. The van der Waals surface area contributed by atoms with Crippen molar-refractivity contribution in [2.45, 2.75) is 25.1 Å². The molecule has 5 aromatic rings. The molecule has 162 valence electrons. The quantitative estimate of drug-likeness (QED) is 0.366. The summed E-state index contributed by atoms with van der Waals surface area (Å²) in [6.45, 7) is 0. The van der Waals surface area contributed by atoms with Crippen molar-refractivity contribution in [3.05, 3.63) is 91.1 Å². The topological polar surface area (TPSA) is 88.8 Å². The SMILES string of the molecule is OC(Nc1cccc(-c2nncn2C2CC2)c1)c1cc(-c2cccnc2)c2ccccc2n1. The molecule has 0 amide bonds. The van der Waals surface area contributed by atoms with E-state index in [2.05, 4.69) is 25.1 Å². The Morgan fingerprint density at radius 1 is 0.970 bits per heavy atom. The van der Waals surface area contributed by atoms with Crippen molar-refractivity contribution in [1.29, 1.82) is 0 Å². The van der Waals surface area contributed by atoms with Gasteiger partial charge in [-0.15, -0.1) is 10.2 Å². The Bertz CT molecular complexity index is 1430. The van der Waals surface area contributed by atoms with Gasteiger partial charge < -0.3 is 15.0 Å². The van der Waals surface area contributed by atoms with E-state index >= 15 is 0 Å². The van der Waals surface area contributed by atoms with E-state index in [-0.39, 0.29) is 0 Å². The Morgan fingerprint density at radius 3 is 2.70 bits per heavy atom. The number of benzene rings is 2. The summed E-state index contributed by atoms with van der Waals surface area (Å²) in [5, 5.41) is 23.7. The van der Waals surface area contributed by atoms with E-state index < -0.39 is 6.23 Å². The van der Waals surface area contributed by atoms with Gasteiger partial charge >= 0.3 is 0 Å². The summed E-state index contributed by atoms with van der Waals surface area (Å²) >= 11 is 0. The Morgan fingerprint density at radius 2 is 1.85 bits per heavy atom. The van der Waals surface area contributed by atoms with E-state index in [4.69, 9.17) is 4.98 Å². The fourth-order valence-electron chi connectivity index (χ4n) is 4.15. The molecule has 0 saturated heterocycles. The number of fused-ring (bicyclic) bond motifs is 1. The molecule has 3 heterocycles. The minimum atomic E-state index is -0.985. The second kappa shape index (κ2) is 8.11. The maximum absolute atomic E-state index is 11.1. The van der Waals surface area contributed by atoms with E-state index in [0.717, 1.165) is 51.9 Å². The van der Waals surface area contributed by atoms with Gasteiger partial charge in [-0.05, 0) is 48.7 Å². The molecule has 2 aromatic carbocycles. The van der Waals surface area contributed by atoms with E-state index in [1.54, 1.807) is 12.5 Å². The van der Waals surface area contributed by atoms with Crippen LogP contribution in [0, 0.1) is 0 Å². The van der Waals surface area contributed by atoms with Gasteiger partial charge in [0.1, 0.15) is 6.33 Å². The highest BCUT2D eigenvalue weighted by Gasteiger charge is 2.26. The standard InChI is InChI=1S/C26H22N6O/c33-26(29-19-7-3-5-17(13-19)25-31-28-16-32(25)20-10-11-20)24-14-22(18-6-4-12-27-15-18)21-8-1-2-9-23(21)30-24/h1-9,12-16,20,26,29,33H,10-11H2. The first-order chi connectivity index (χ1) is 16.3. The van der Waals surface area contributed by atoms with Gasteiger partial charge in [-0.1, -0.05) is 36.4 Å². The number of rotatable bonds is 6. The predicted octanol–water partition coefficient (Wildman–Crippen LogP) is 4.99. The lowest BCUT2D eigenvalue weighted by Gasteiger charge is -2.17. The Hall–Kier alpha value is -4.10. The highest BCUT2D eigenvalue weighted by atomic mass is 16.3. The van der Waals surface area contributed by atoms with Crippen LogP contribution >= 0.6 is 0 Å². The van der Waals surface area contributed by atoms with Crippen LogP contribution in [0.2, 0.25) is 0 Å². The molecule has 7 heteroatoms. The zero-order chi connectivity index (χ0) is 22.2. The van der Waals surface area contributed by atoms with Gasteiger partial charge in [-0.25, -0.2) is 4.98 Å². The van der Waals surface area contributed by atoms with Gasteiger partial charge in [-0.2, -0.15) is 0 Å². The number of aliphatic hydroxyl groups is 1. The number of aliphatic hydroxyl groups excluding tert-OH is 1. The zero-order valence-electron chi connectivity index (χ0n) is 17.8. The van der Waals surface area contributed by atoms with Crippen molar-refractivity contribution in [2.24, 2.45) is 0 Å². The third-order valence-electron chi connectivity index (χ3n) is 5.93. The van der Waals surface area contributed by atoms with Crippen molar-refractivity contribution >= 4 is 16.6 Å². The lowest BCUT2D eigenvalue weighted by atomic mass is 10.0. The molecular formula is C26H22N6O. The summed E-state index contributed by atoms with van der Waals surface area (Å²) in [4.78, 5) is 8.97. The van der Waals surface area contributed by atoms with Gasteiger partial charge in [0.25, 0.3) is 0 Å². The van der Waals surface area contributed by atoms with Crippen LogP contribution in [0.1, 0.15) is 30.8 Å². The van der Waals surface area contributed by atoms with E-state index in [1.807, 2.05) is 72.9 Å². The van der Waals surface area contributed by atoms with Crippen LogP contribution in [0.25, 0.3) is 33.4 Å². The summed E-state index contributed by atoms with van der Waals surface area (Å²) in [5.41, 5.74) is 5.06. The summed E-state index contributed by atoms with van der Waals surface area (Å²) in [6.07, 6.45) is 6.71. The molecule has 0 spiro atoms. The van der Waals surface area contributed by atoms with Gasteiger partial charge in [0.2, 0.25) is 0 Å². The Balaban J connectivity index is 1.34. The maximum atomic E-state index is 11.1. The number of anilines is 1. The van der Waals surface area contributed by atoms with Gasteiger partial charge in [0, 0.05) is 40.6 Å². The third kappa shape index (κ3) is 3.83. The van der Waals surface area contributed by atoms with Crippen LogP contribution in [0.3, 0.4) is 0 Å². The van der Waals surface area contributed by atoms with E-state index in [0.29, 0.717) is 11.7 Å². The van der Waals surface area contributed by atoms with E-state index in [1.165, 1.54) is 0 Å². The molecule has 0 bridgehead atoms. The van der Waals surface area contributed by atoms with Gasteiger partial charge in [0.15, 0.2) is 12.1 Å². The summed E-state index contributed by atoms with van der Waals surface area (Å²) in [5.74, 6) is 0.846. The average molecular weight is 435 g/mol. The van der Waals surface area contributed by atoms with Crippen molar-refractivity contribution in [1.82, 2.24) is 24.7 Å². The highest BCUT2D eigenvalue weighted by Crippen LogP contribution is 2.38. The van der Waals surface area contributed by atoms with Crippen molar-refractivity contribution in [3.63, 3.8) is 0 Å². The smallest absolute Gasteiger partial charge is 0.168 e. The molecule has 1 aliphatic rings. The van der Waals surface area contributed by atoms with Crippen molar-refractivity contribution < 1.29 is 5.11 Å². The molecule has 0 radical (unpaired) electrons. The number of nitrogens with one attached hydrogen (secondary N) is 1. The van der Waals surface area contributed by atoms with Crippen LogP contribution in [-0.2, 0) is 0 Å². The fraction of sp³-hybridized carbons (Fsp3) is 0.154. The fourth-order valence-corrected chi connectivity index (χ4v) is 4.15. The molecule has 1 fully saturated rings. The van der Waals surface area contributed by atoms with Crippen molar-refractivity contribution in [3.8, 4) is 22.5 Å². The first kappa shape index (κ1) is 19.6. The van der Waals surface area contributed by atoms with Crippen LogP contribution in [-0.4, -0.2) is 29.8 Å². The molecule has 33 heavy (non-hydrogen) atoms. The molecular weight excluding hydrogens is 412 g/mol. The first-order valence-corrected chi connectivity index (χ1v) is 11.0. The third-order valence-corrected chi connectivity index (χ3v) is 5.93. The molecule has 7 nitrogen and oxygen atoms in total. The monoisotopic (exact) mass is 434 g/mol. The Labute approximate surface area is 190 Å². The number of hydrogen-bond donors (Lipinski definition) is 2. The number of pyridine rings is 2. The zero-order valence-corrected chi connectivity index (χ0v) is 17.8. The normalized spacial score (nSPS) is 14.3. The molecule has 1 saturated carbocycles.